The highest BCUT2D eigenvalue weighted by Crippen LogP contribution is 2.19. The number of benzene rings is 1. The fourth-order valence-corrected chi connectivity index (χ4v) is 1.45. The molecule has 4 nitrogen and oxygen atoms in total. The summed E-state index contributed by atoms with van der Waals surface area (Å²) in [6.07, 6.45) is 1.42. The molecular weight excluding hydrogens is 222 g/mol. The molecule has 2 rings (SSSR count). The number of aromatic nitrogens is 2. The lowest BCUT2D eigenvalue weighted by Crippen LogP contribution is -1.96. The Bertz CT molecular complexity index is 492. The molecule has 0 radical (unpaired) electrons. The Hall–Kier alpha value is -1.75. The molecule has 16 heavy (non-hydrogen) atoms. The average molecular weight is 232 g/mol. The van der Waals surface area contributed by atoms with Crippen molar-refractivity contribution in [1.82, 2.24) is 9.97 Å². The van der Waals surface area contributed by atoms with E-state index in [0.717, 1.165) is 11.4 Å². The average Bonchev–Trinajstić information content (AvgIpc) is 2.29. The van der Waals surface area contributed by atoms with E-state index in [4.69, 9.17) is 11.6 Å². The lowest BCUT2D eigenvalue weighted by atomic mass is 10.2. The van der Waals surface area contributed by atoms with Crippen LogP contribution >= 0.6 is 11.6 Å². The van der Waals surface area contributed by atoms with Crippen molar-refractivity contribution in [2.75, 3.05) is 10.5 Å². The summed E-state index contributed by atoms with van der Waals surface area (Å²) in [5.74, 6) is 0.674. The van der Waals surface area contributed by atoms with Gasteiger partial charge in [0.25, 0.3) is 0 Å². The van der Waals surface area contributed by atoms with Gasteiger partial charge >= 0.3 is 0 Å². The van der Waals surface area contributed by atoms with E-state index in [1.165, 1.54) is 6.33 Å². The molecule has 0 aliphatic carbocycles. The molecule has 0 saturated carbocycles. The van der Waals surface area contributed by atoms with Crippen LogP contribution in [-0.4, -0.2) is 17.9 Å². The van der Waals surface area contributed by atoms with Gasteiger partial charge in [-0.25, -0.2) is 9.97 Å². The van der Waals surface area contributed by atoms with Crippen molar-refractivity contribution in [2.24, 2.45) is 0 Å². The lowest BCUT2D eigenvalue weighted by Gasteiger charge is -2.07. The first kappa shape index (κ1) is 10.8. The Morgan fingerprint density at radius 2 is 1.94 bits per heavy atom. The van der Waals surface area contributed by atoms with Crippen molar-refractivity contribution in [3.63, 3.8) is 0 Å². The van der Waals surface area contributed by atoms with Gasteiger partial charge in [-0.15, -0.1) is 0 Å². The first-order valence-corrected chi connectivity index (χ1v) is 5.18. The van der Waals surface area contributed by atoms with E-state index in [-0.39, 0.29) is 0 Å². The van der Waals surface area contributed by atoms with Crippen LogP contribution in [-0.2, 0) is 0 Å². The summed E-state index contributed by atoms with van der Waals surface area (Å²) in [7, 11) is 1.88. The second-order valence-corrected chi connectivity index (χ2v) is 3.57. The van der Waals surface area contributed by atoms with Crippen molar-refractivity contribution >= 4 is 36.8 Å². The summed E-state index contributed by atoms with van der Waals surface area (Å²) in [6, 6.07) is 9.55. The number of anilines is 3. The van der Waals surface area contributed by atoms with Crippen LogP contribution in [0.25, 0.3) is 0 Å². The second-order valence-electron chi connectivity index (χ2n) is 3.18. The van der Waals surface area contributed by atoms with Gasteiger partial charge in [0, 0.05) is 17.4 Å². The zero-order chi connectivity index (χ0) is 11.4. The number of hydrogen-bond donors (Lipinski definition) is 2. The van der Waals surface area contributed by atoms with Gasteiger partial charge in [-0.05, 0) is 18.2 Å². The third-order valence-corrected chi connectivity index (χ3v) is 2.26. The van der Waals surface area contributed by atoms with Crippen molar-refractivity contribution in [2.45, 2.75) is 0 Å². The van der Waals surface area contributed by atoms with E-state index in [2.05, 4.69) is 20.5 Å². The highest BCUT2D eigenvalue weighted by Gasteiger charge is 1.98. The second kappa shape index (κ2) is 4.85. The summed E-state index contributed by atoms with van der Waals surface area (Å²) < 4.78 is 0. The van der Waals surface area contributed by atoms with Crippen LogP contribution in [0.1, 0.15) is 0 Å². The van der Waals surface area contributed by atoms with Crippen LogP contribution in [0.3, 0.4) is 0 Å². The van der Waals surface area contributed by atoms with Crippen molar-refractivity contribution in [3.8, 4) is 0 Å². The summed E-state index contributed by atoms with van der Waals surface area (Å²) >= 11 is 5.77. The molecule has 1 heterocycles. The van der Waals surface area contributed by atoms with E-state index in [1.807, 2.05) is 32.2 Å². The smallest absolute Gasteiger partial charge is 0.213 e. The number of nitrogens with one attached hydrogen (secondary N) is 2. The maximum Gasteiger partial charge on any atom is 0.213 e. The summed E-state index contributed by atoms with van der Waals surface area (Å²) in [5.41, 5.74) is 1.98. The Kier molecular flexibility index (Phi) is 3.26. The molecule has 80 valence electrons. The molecule has 0 bridgehead atoms. The van der Waals surface area contributed by atoms with Gasteiger partial charge in [-0.3, -0.25) is 0 Å². The SMILES string of the molecule is BNc1cccc(Nc2cc(Cl)ncn2)c1. The monoisotopic (exact) mass is 232 g/mol. The van der Waals surface area contributed by atoms with Crippen LogP contribution in [0.4, 0.5) is 17.2 Å². The molecule has 6 heteroatoms. The van der Waals surface area contributed by atoms with Gasteiger partial charge in [0.1, 0.15) is 17.3 Å². The van der Waals surface area contributed by atoms with Crippen LogP contribution < -0.4 is 10.5 Å². The molecule has 0 saturated heterocycles. The van der Waals surface area contributed by atoms with Crippen molar-refractivity contribution < 1.29 is 0 Å². The summed E-state index contributed by atoms with van der Waals surface area (Å²) in [5, 5.41) is 6.63. The molecule has 2 aromatic rings. The molecule has 0 aliphatic rings. The zero-order valence-electron chi connectivity index (χ0n) is 8.74. The van der Waals surface area contributed by atoms with E-state index in [0.29, 0.717) is 11.0 Å². The molecule has 0 fully saturated rings. The minimum absolute atomic E-state index is 0.419. The third kappa shape index (κ3) is 2.64. The number of halogens is 1. The predicted octanol–water partition coefficient (Wildman–Crippen LogP) is 1.83. The normalized spacial score (nSPS) is 9.81. The van der Waals surface area contributed by atoms with Gasteiger partial charge in [-0.2, -0.15) is 0 Å². The number of hydrogen-bond acceptors (Lipinski definition) is 4. The Balaban J connectivity index is 2.20. The molecule has 1 aromatic carbocycles. The highest BCUT2D eigenvalue weighted by atomic mass is 35.5. The first-order valence-electron chi connectivity index (χ1n) is 4.80. The van der Waals surface area contributed by atoms with Gasteiger partial charge in [0.05, 0.1) is 0 Å². The number of nitrogens with zero attached hydrogens (tertiary/aromatic N) is 2. The maximum atomic E-state index is 5.77. The quantitative estimate of drug-likeness (QED) is 0.626. The molecule has 1 aromatic heterocycles. The van der Waals surface area contributed by atoms with E-state index in [1.54, 1.807) is 6.07 Å². The third-order valence-electron chi connectivity index (χ3n) is 2.06. The predicted molar refractivity (Wildman–Crippen MR) is 68.9 cm³/mol. The van der Waals surface area contributed by atoms with Crippen molar-refractivity contribution in [1.29, 1.82) is 0 Å². The minimum Gasteiger partial charge on any atom is -0.434 e. The standard InChI is InChI=1S/C10H10BClN4/c11-16-8-3-1-2-7(4-8)15-10-5-9(12)13-6-14-10/h1-6,16H,11H2,(H,13,14,15). The van der Waals surface area contributed by atoms with Gasteiger partial charge in [0.15, 0.2) is 0 Å². The zero-order valence-corrected chi connectivity index (χ0v) is 9.49. The van der Waals surface area contributed by atoms with Crippen LogP contribution in [0.2, 0.25) is 5.15 Å². The molecule has 0 spiro atoms. The molecule has 2 N–H and O–H groups in total. The van der Waals surface area contributed by atoms with Gasteiger partial charge in [0.2, 0.25) is 7.98 Å². The fraction of sp³-hybridized carbons (Fsp3) is 0. The minimum atomic E-state index is 0.419. The van der Waals surface area contributed by atoms with E-state index in [9.17, 15) is 0 Å². The van der Waals surface area contributed by atoms with E-state index < -0.39 is 0 Å². The largest absolute Gasteiger partial charge is 0.434 e. The van der Waals surface area contributed by atoms with Crippen LogP contribution in [0.15, 0.2) is 36.7 Å². The maximum absolute atomic E-state index is 5.77. The molecule has 0 aliphatic heterocycles. The van der Waals surface area contributed by atoms with Crippen LogP contribution in [0, 0.1) is 0 Å². The van der Waals surface area contributed by atoms with Gasteiger partial charge < -0.3 is 10.5 Å². The van der Waals surface area contributed by atoms with Crippen LogP contribution in [0.5, 0.6) is 0 Å². The van der Waals surface area contributed by atoms with E-state index >= 15 is 0 Å². The molecule has 0 amide bonds. The fourth-order valence-electron chi connectivity index (χ4n) is 1.30. The number of rotatable bonds is 3. The lowest BCUT2D eigenvalue weighted by molar-refractivity contribution is 1.17. The summed E-state index contributed by atoms with van der Waals surface area (Å²) in [6.45, 7) is 0. The highest BCUT2D eigenvalue weighted by molar-refractivity contribution is 6.29. The topological polar surface area (TPSA) is 49.8 Å². The summed E-state index contributed by atoms with van der Waals surface area (Å²) in [4.78, 5) is 7.88. The van der Waals surface area contributed by atoms with Gasteiger partial charge in [-0.1, -0.05) is 17.7 Å². The van der Waals surface area contributed by atoms with Crippen molar-refractivity contribution in [3.05, 3.63) is 41.8 Å². The Labute approximate surface area is 99.5 Å². The Morgan fingerprint density at radius 3 is 2.69 bits per heavy atom. The molecule has 0 atom stereocenters. The first-order chi connectivity index (χ1) is 7.78. The molecular formula is C10H10BClN4. The molecule has 0 unspecified atom stereocenters. The Morgan fingerprint density at radius 1 is 1.12 bits per heavy atom.